The summed E-state index contributed by atoms with van der Waals surface area (Å²) in [4.78, 5) is 15.3. The second kappa shape index (κ2) is 7.35. The minimum absolute atomic E-state index is 0. The van der Waals surface area contributed by atoms with E-state index in [9.17, 15) is 9.90 Å². The summed E-state index contributed by atoms with van der Waals surface area (Å²) in [5.74, 6) is -0.295. The van der Waals surface area contributed by atoms with Crippen LogP contribution in [-0.2, 0) is 4.79 Å². The van der Waals surface area contributed by atoms with Gasteiger partial charge in [-0.25, -0.2) is 0 Å². The molecule has 1 atom stereocenters. The SMILES string of the molecule is CCOc1cc2c(C(C)C(=O)O)cncc2cc1OC.[H-].[Li+]. The van der Waals surface area contributed by atoms with Crippen LogP contribution in [0.2, 0.25) is 0 Å². The van der Waals surface area contributed by atoms with Crippen LogP contribution < -0.4 is 28.3 Å². The molecule has 0 saturated heterocycles. The molecule has 1 heterocycles. The van der Waals surface area contributed by atoms with Gasteiger partial charge in [0.15, 0.2) is 11.5 Å². The van der Waals surface area contributed by atoms with Crippen molar-refractivity contribution < 1.29 is 39.7 Å². The third-order valence-electron chi connectivity index (χ3n) is 3.21. The van der Waals surface area contributed by atoms with Crippen LogP contribution in [0.5, 0.6) is 11.5 Å². The van der Waals surface area contributed by atoms with Crippen LogP contribution >= 0.6 is 0 Å². The van der Waals surface area contributed by atoms with E-state index >= 15 is 0 Å². The normalized spacial score (nSPS) is 11.6. The van der Waals surface area contributed by atoms with Crippen LogP contribution in [0.15, 0.2) is 24.5 Å². The van der Waals surface area contributed by atoms with Gasteiger partial charge in [-0.1, -0.05) is 0 Å². The summed E-state index contributed by atoms with van der Waals surface area (Å²) < 4.78 is 10.8. The fourth-order valence-corrected chi connectivity index (χ4v) is 2.11. The van der Waals surface area contributed by atoms with Crippen molar-refractivity contribution >= 4 is 16.7 Å². The van der Waals surface area contributed by atoms with Gasteiger partial charge in [0, 0.05) is 17.8 Å². The molecule has 0 aliphatic rings. The zero-order chi connectivity index (χ0) is 14.7. The molecule has 0 aliphatic carbocycles. The van der Waals surface area contributed by atoms with Crippen LogP contribution in [0.25, 0.3) is 10.8 Å². The van der Waals surface area contributed by atoms with Crippen molar-refractivity contribution in [2.75, 3.05) is 13.7 Å². The molecule has 0 radical (unpaired) electrons. The van der Waals surface area contributed by atoms with Gasteiger partial charge in [0.2, 0.25) is 0 Å². The molecule has 2 aromatic rings. The van der Waals surface area contributed by atoms with Gasteiger partial charge < -0.3 is 16.0 Å². The number of aromatic nitrogens is 1. The number of carboxylic acids is 1. The van der Waals surface area contributed by atoms with Crippen LogP contribution in [-0.4, -0.2) is 29.8 Å². The Bertz CT molecular complexity index is 651. The van der Waals surface area contributed by atoms with Crippen LogP contribution in [0.1, 0.15) is 26.8 Å². The smallest absolute Gasteiger partial charge is 1.00 e. The van der Waals surface area contributed by atoms with Gasteiger partial charge in [0.1, 0.15) is 0 Å². The molecule has 108 valence electrons. The number of nitrogens with zero attached hydrogens (tertiary/aromatic N) is 1. The predicted molar refractivity (Wildman–Crippen MR) is 76.6 cm³/mol. The average molecular weight is 283 g/mol. The van der Waals surface area contributed by atoms with E-state index in [0.717, 1.165) is 10.8 Å². The van der Waals surface area contributed by atoms with E-state index in [4.69, 9.17) is 9.47 Å². The van der Waals surface area contributed by atoms with E-state index in [2.05, 4.69) is 4.98 Å². The second-order valence-corrected chi connectivity index (χ2v) is 4.45. The molecule has 0 spiro atoms. The third kappa shape index (κ3) is 3.49. The van der Waals surface area contributed by atoms with Crippen molar-refractivity contribution in [2.45, 2.75) is 19.8 Å². The first-order valence-electron chi connectivity index (χ1n) is 6.39. The number of hydrogen-bond acceptors (Lipinski definition) is 4. The number of hydrogen-bond donors (Lipinski definition) is 1. The van der Waals surface area contributed by atoms with Gasteiger partial charge in [0.05, 0.1) is 19.6 Å². The molecule has 0 aliphatic heterocycles. The van der Waals surface area contributed by atoms with Crippen molar-refractivity contribution in [3.63, 3.8) is 0 Å². The summed E-state index contributed by atoms with van der Waals surface area (Å²) in [5, 5.41) is 10.8. The first-order chi connectivity index (χ1) is 9.58. The average Bonchev–Trinajstić information content (AvgIpc) is 2.45. The van der Waals surface area contributed by atoms with Gasteiger partial charge in [0.25, 0.3) is 0 Å². The minimum Gasteiger partial charge on any atom is -1.00 e. The largest absolute Gasteiger partial charge is 1.00 e. The Balaban J connectivity index is 0.00000220. The summed E-state index contributed by atoms with van der Waals surface area (Å²) >= 11 is 0. The van der Waals surface area contributed by atoms with Gasteiger partial charge >= 0.3 is 24.8 Å². The number of rotatable bonds is 5. The minimum atomic E-state index is -0.881. The summed E-state index contributed by atoms with van der Waals surface area (Å²) in [6.07, 6.45) is 3.27. The van der Waals surface area contributed by atoms with Crippen molar-refractivity contribution in [2.24, 2.45) is 0 Å². The van der Waals surface area contributed by atoms with Gasteiger partial charge in [-0.2, -0.15) is 0 Å². The summed E-state index contributed by atoms with van der Waals surface area (Å²) in [6, 6.07) is 3.62. The molecule has 0 saturated carbocycles. The Hall–Kier alpha value is -1.70. The van der Waals surface area contributed by atoms with E-state index in [0.29, 0.717) is 23.7 Å². The maximum atomic E-state index is 11.2. The van der Waals surface area contributed by atoms with Crippen LogP contribution in [0.4, 0.5) is 0 Å². The molecule has 6 heteroatoms. The number of pyridine rings is 1. The van der Waals surface area contributed by atoms with Crippen molar-refractivity contribution in [3.05, 3.63) is 30.1 Å². The fourth-order valence-electron chi connectivity index (χ4n) is 2.11. The van der Waals surface area contributed by atoms with E-state index in [1.807, 2.05) is 19.1 Å². The van der Waals surface area contributed by atoms with Gasteiger partial charge in [-0.3, -0.25) is 9.78 Å². The second-order valence-electron chi connectivity index (χ2n) is 4.45. The molecular weight excluding hydrogens is 265 g/mol. The van der Waals surface area contributed by atoms with Crippen LogP contribution in [0, 0.1) is 0 Å². The predicted octanol–water partition coefficient (Wildman–Crippen LogP) is -0.0533. The number of aliphatic carboxylic acids is 1. The molecule has 0 bridgehead atoms. The Labute approximate surface area is 136 Å². The molecule has 0 fully saturated rings. The van der Waals surface area contributed by atoms with Crippen molar-refractivity contribution in [3.8, 4) is 11.5 Å². The van der Waals surface area contributed by atoms with Crippen molar-refractivity contribution in [1.29, 1.82) is 0 Å². The first kappa shape index (κ1) is 17.3. The summed E-state index contributed by atoms with van der Waals surface area (Å²) in [5.41, 5.74) is 0.665. The molecular formula is C15H18LiNO4. The monoisotopic (exact) mass is 283 g/mol. The maximum Gasteiger partial charge on any atom is 1.00 e. The van der Waals surface area contributed by atoms with E-state index in [-0.39, 0.29) is 20.3 Å². The number of methoxy groups -OCH3 is 1. The zero-order valence-corrected chi connectivity index (χ0v) is 12.7. The number of benzene rings is 1. The van der Waals surface area contributed by atoms with Crippen LogP contribution in [0.3, 0.4) is 0 Å². The Morgan fingerprint density at radius 2 is 2.10 bits per heavy atom. The molecule has 2 rings (SSSR count). The Morgan fingerprint density at radius 1 is 1.38 bits per heavy atom. The van der Waals surface area contributed by atoms with Gasteiger partial charge in [-0.05, 0) is 36.9 Å². The zero-order valence-electron chi connectivity index (χ0n) is 13.7. The number of ether oxygens (including phenoxy) is 2. The van der Waals surface area contributed by atoms with E-state index in [1.165, 1.54) is 0 Å². The molecule has 5 nitrogen and oxygen atoms in total. The Morgan fingerprint density at radius 3 is 2.67 bits per heavy atom. The maximum absolute atomic E-state index is 11.2. The summed E-state index contributed by atoms with van der Waals surface area (Å²) in [6.45, 7) is 4.04. The molecule has 0 amide bonds. The molecule has 1 aromatic heterocycles. The molecule has 1 unspecified atom stereocenters. The number of carboxylic acid groups (broad SMARTS) is 1. The molecule has 1 N–H and O–H groups in total. The van der Waals surface area contributed by atoms with E-state index in [1.54, 1.807) is 26.4 Å². The van der Waals surface area contributed by atoms with Gasteiger partial charge in [-0.15, -0.1) is 0 Å². The topological polar surface area (TPSA) is 68.7 Å². The number of carbonyl (C=O) groups is 1. The number of fused-ring (bicyclic) bond motifs is 1. The van der Waals surface area contributed by atoms with Crippen molar-refractivity contribution in [1.82, 2.24) is 4.98 Å². The Kier molecular flexibility index (Phi) is 6.07. The quantitative estimate of drug-likeness (QED) is 0.779. The standard InChI is InChI=1S/C15H17NO4.Li.H/c1-4-20-14-6-11-10(5-13(14)19-3)7-16-8-12(11)9(2)15(17)18;;/h5-9H,4H2,1-3H3,(H,17,18);;/q;+1;-1. The van der Waals surface area contributed by atoms with E-state index < -0.39 is 11.9 Å². The fraction of sp³-hybridized carbons (Fsp3) is 0.333. The molecule has 1 aromatic carbocycles. The third-order valence-corrected chi connectivity index (χ3v) is 3.21. The first-order valence-corrected chi connectivity index (χ1v) is 6.39. The molecule has 21 heavy (non-hydrogen) atoms. The summed E-state index contributed by atoms with van der Waals surface area (Å²) in [7, 11) is 1.57.